The van der Waals surface area contributed by atoms with Gasteiger partial charge in [-0.2, -0.15) is 0 Å². The van der Waals surface area contributed by atoms with E-state index in [1.165, 1.54) is 11.1 Å². The van der Waals surface area contributed by atoms with E-state index in [2.05, 4.69) is 100 Å². The van der Waals surface area contributed by atoms with Crippen LogP contribution in [0.25, 0.3) is 22.1 Å². The van der Waals surface area contributed by atoms with Crippen LogP contribution < -0.4 is 0 Å². The molecule has 0 amide bonds. The first-order valence-corrected chi connectivity index (χ1v) is 9.62. The van der Waals surface area contributed by atoms with Gasteiger partial charge in [-0.1, -0.05) is 74.6 Å². The van der Waals surface area contributed by atoms with Gasteiger partial charge in [-0.25, -0.2) is 0 Å². The number of hydrogen-bond donors (Lipinski definition) is 0. The lowest BCUT2D eigenvalue weighted by atomic mass is 9.86. The fourth-order valence-corrected chi connectivity index (χ4v) is 3.31. The zero-order valence-electron chi connectivity index (χ0n) is 16.8. The Hall–Kier alpha value is -3.24. The molecule has 1 nitrogen and oxygen atoms in total. The standard InChI is InChI=1S/C27H24O/c1-19-9-11-20(12-10-19)13-14-21-7-5-6-8-23(21)25-18-28-26-16-15-22(17-24(25)26)27(2,3)4/h5-12,15-18H,1-4H3. The summed E-state index contributed by atoms with van der Waals surface area (Å²) in [7, 11) is 0. The van der Waals surface area contributed by atoms with Crippen molar-refractivity contribution in [2.24, 2.45) is 0 Å². The van der Waals surface area contributed by atoms with Crippen molar-refractivity contribution in [1.82, 2.24) is 0 Å². The first-order chi connectivity index (χ1) is 13.4. The lowest BCUT2D eigenvalue weighted by Gasteiger charge is -2.19. The molecule has 1 heterocycles. The Morgan fingerprint density at radius 2 is 1.54 bits per heavy atom. The van der Waals surface area contributed by atoms with Crippen LogP contribution >= 0.6 is 0 Å². The minimum absolute atomic E-state index is 0.0908. The Balaban J connectivity index is 1.82. The zero-order valence-corrected chi connectivity index (χ0v) is 16.8. The van der Waals surface area contributed by atoms with Crippen LogP contribution in [-0.4, -0.2) is 0 Å². The van der Waals surface area contributed by atoms with Crippen molar-refractivity contribution in [3.05, 3.63) is 95.2 Å². The Bertz CT molecular complexity index is 1190. The van der Waals surface area contributed by atoms with Gasteiger partial charge in [0.2, 0.25) is 0 Å². The molecule has 0 aliphatic rings. The maximum absolute atomic E-state index is 5.85. The molecule has 0 saturated heterocycles. The molecule has 1 aromatic heterocycles. The van der Waals surface area contributed by atoms with Gasteiger partial charge in [0.25, 0.3) is 0 Å². The third-order valence-corrected chi connectivity index (χ3v) is 5.05. The summed E-state index contributed by atoms with van der Waals surface area (Å²) in [6.45, 7) is 8.78. The smallest absolute Gasteiger partial charge is 0.134 e. The highest BCUT2D eigenvalue weighted by Crippen LogP contribution is 2.35. The van der Waals surface area contributed by atoms with E-state index in [-0.39, 0.29) is 5.41 Å². The van der Waals surface area contributed by atoms with Gasteiger partial charge >= 0.3 is 0 Å². The summed E-state index contributed by atoms with van der Waals surface area (Å²) in [5.41, 5.74) is 7.76. The van der Waals surface area contributed by atoms with Crippen LogP contribution in [0.2, 0.25) is 0 Å². The van der Waals surface area contributed by atoms with Crippen molar-refractivity contribution in [3.63, 3.8) is 0 Å². The van der Waals surface area contributed by atoms with Crippen LogP contribution in [0.4, 0.5) is 0 Å². The molecule has 3 aromatic carbocycles. The molecule has 0 unspecified atom stereocenters. The quantitative estimate of drug-likeness (QED) is 0.328. The second kappa shape index (κ2) is 7.06. The highest BCUT2D eigenvalue weighted by atomic mass is 16.3. The van der Waals surface area contributed by atoms with Crippen molar-refractivity contribution >= 4 is 11.0 Å². The molecule has 0 N–H and O–H groups in total. The second-order valence-electron chi connectivity index (χ2n) is 8.27. The van der Waals surface area contributed by atoms with E-state index in [4.69, 9.17) is 4.42 Å². The van der Waals surface area contributed by atoms with Gasteiger partial charge in [-0.05, 0) is 48.2 Å². The Kier molecular flexibility index (Phi) is 4.57. The van der Waals surface area contributed by atoms with Gasteiger partial charge in [-0.3, -0.25) is 0 Å². The van der Waals surface area contributed by atoms with Crippen LogP contribution in [0.15, 0.2) is 77.4 Å². The molecule has 1 heteroatoms. The number of furan rings is 1. The van der Waals surface area contributed by atoms with Crippen molar-refractivity contribution in [1.29, 1.82) is 0 Å². The molecule has 0 spiro atoms. The summed E-state index contributed by atoms with van der Waals surface area (Å²) in [6.07, 6.45) is 1.85. The van der Waals surface area contributed by atoms with Crippen molar-refractivity contribution in [3.8, 4) is 23.0 Å². The Morgan fingerprint density at radius 3 is 2.29 bits per heavy atom. The lowest BCUT2D eigenvalue weighted by Crippen LogP contribution is -2.10. The zero-order chi connectivity index (χ0) is 19.7. The van der Waals surface area contributed by atoms with E-state index >= 15 is 0 Å². The van der Waals surface area contributed by atoms with Crippen LogP contribution in [0.5, 0.6) is 0 Å². The van der Waals surface area contributed by atoms with E-state index in [9.17, 15) is 0 Å². The molecule has 138 valence electrons. The van der Waals surface area contributed by atoms with Gasteiger partial charge in [0.15, 0.2) is 0 Å². The third-order valence-electron chi connectivity index (χ3n) is 5.05. The van der Waals surface area contributed by atoms with E-state index in [1.54, 1.807) is 0 Å². The van der Waals surface area contributed by atoms with Crippen LogP contribution in [-0.2, 0) is 5.41 Å². The molecule has 0 saturated carbocycles. The van der Waals surface area contributed by atoms with E-state index in [0.717, 1.165) is 33.2 Å². The summed E-state index contributed by atoms with van der Waals surface area (Å²) in [5, 5.41) is 1.14. The number of aryl methyl sites for hydroxylation is 1. The Labute approximate surface area is 167 Å². The first-order valence-electron chi connectivity index (χ1n) is 9.62. The SMILES string of the molecule is Cc1ccc(C#Cc2ccccc2-c2coc3ccc(C(C)(C)C)cc23)cc1. The second-order valence-corrected chi connectivity index (χ2v) is 8.27. The normalized spacial score (nSPS) is 11.3. The summed E-state index contributed by atoms with van der Waals surface area (Å²) in [4.78, 5) is 0. The lowest BCUT2D eigenvalue weighted by molar-refractivity contribution is 0.589. The summed E-state index contributed by atoms with van der Waals surface area (Å²) < 4.78 is 5.85. The monoisotopic (exact) mass is 364 g/mol. The topological polar surface area (TPSA) is 13.1 Å². The molecule has 0 bridgehead atoms. The van der Waals surface area contributed by atoms with Gasteiger partial charge in [0, 0.05) is 27.6 Å². The number of hydrogen-bond acceptors (Lipinski definition) is 1. The predicted molar refractivity (Wildman–Crippen MR) is 118 cm³/mol. The van der Waals surface area contributed by atoms with Gasteiger partial charge in [0.05, 0.1) is 6.26 Å². The molecular formula is C27H24O. The molecular weight excluding hydrogens is 340 g/mol. The van der Waals surface area contributed by atoms with Gasteiger partial charge in [-0.15, -0.1) is 0 Å². The fraction of sp³-hybridized carbons (Fsp3) is 0.185. The fourth-order valence-electron chi connectivity index (χ4n) is 3.31. The van der Waals surface area contributed by atoms with Gasteiger partial charge < -0.3 is 4.42 Å². The molecule has 4 rings (SSSR count). The average Bonchev–Trinajstić information content (AvgIpc) is 3.10. The van der Waals surface area contributed by atoms with Crippen molar-refractivity contribution in [2.45, 2.75) is 33.1 Å². The highest BCUT2D eigenvalue weighted by Gasteiger charge is 2.17. The summed E-state index contributed by atoms with van der Waals surface area (Å²) in [6, 6.07) is 23.1. The Morgan fingerprint density at radius 1 is 0.786 bits per heavy atom. The first kappa shape index (κ1) is 18.1. The minimum atomic E-state index is 0.0908. The van der Waals surface area contributed by atoms with Crippen LogP contribution in [0, 0.1) is 18.8 Å². The molecule has 0 aliphatic carbocycles. The maximum Gasteiger partial charge on any atom is 0.134 e. The van der Waals surface area contributed by atoms with E-state index in [1.807, 2.05) is 12.3 Å². The summed E-state index contributed by atoms with van der Waals surface area (Å²) in [5.74, 6) is 6.65. The van der Waals surface area contributed by atoms with Crippen molar-refractivity contribution < 1.29 is 4.42 Å². The summed E-state index contributed by atoms with van der Waals surface area (Å²) >= 11 is 0. The molecule has 0 fully saturated rings. The maximum atomic E-state index is 5.85. The van der Waals surface area contributed by atoms with Crippen LogP contribution in [0.3, 0.4) is 0 Å². The molecule has 0 aliphatic heterocycles. The number of rotatable bonds is 1. The van der Waals surface area contributed by atoms with Gasteiger partial charge in [0.1, 0.15) is 5.58 Å². The average molecular weight is 364 g/mol. The molecule has 0 radical (unpaired) electrons. The van der Waals surface area contributed by atoms with Crippen molar-refractivity contribution in [2.75, 3.05) is 0 Å². The van der Waals surface area contributed by atoms with Crippen LogP contribution in [0.1, 0.15) is 43.0 Å². The molecule has 28 heavy (non-hydrogen) atoms. The number of fused-ring (bicyclic) bond motifs is 1. The predicted octanol–water partition coefficient (Wildman–Crippen LogP) is 7.11. The molecule has 0 atom stereocenters. The highest BCUT2D eigenvalue weighted by molar-refractivity contribution is 5.96. The minimum Gasteiger partial charge on any atom is -0.464 e. The molecule has 4 aromatic rings. The van der Waals surface area contributed by atoms with E-state index in [0.29, 0.717) is 0 Å². The largest absolute Gasteiger partial charge is 0.464 e. The number of benzene rings is 3. The third kappa shape index (κ3) is 3.59. The van der Waals surface area contributed by atoms with E-state index < -0.39 is 0 Å².